The van der Waals surface area contributed by atoms with Gasteiger partial charge in [0.25, 0.3) is 5.95 Å². The lowest BCUT2D eigenvalue weighted by atomic mass is 10.1. The Kier molecular flexibility index (Phi) is 5.46. The first-order chi connectivity index (χ1) is 9.65. The zero-order valence-corrected chi connectivity index (χ0v) is 14.0. The number of fused-ring (bicyclic) bond motifs is 1. The van der Waals surface area contributed by atoms with Crippen molar-refractivity contribution in [1.82, 2.24) is 0 Å². The molecule has 1 heterocycles. The molecule has 0 amide bonds. The summed E-state index contributed by atoms with van der Waals surface area (Å²) >= 11 is 2.39. The maximum absolute atomic E-state index is 12.2. The Morgan fingerprint density at radius 3 is 2.80 bits per heavy atom. The van der Waals surface area contributed by atoms with Crippen molar-refractivity contribution < 1.29 is 9.15 Å². The Labute approximate surface area is 132 Å². The number of unbranched alkanes of at least 4 members (excludes halogenated alkanes) is 1. The molecule has 4 heteroatoms. The van der Waals surface area contributed by atoms with Crippen molar-refractivity contribution >= 4 is 33.6 Å². The summed E-state index contributed by atoms with van der Waals surface area (Å²) < 4.78 is 11.5. The lowest BCUT2D eigenvalue weighted by Crippen LogP contribution is -2.04. The van der Waals surface area contributed by atoms with Gasteiger partial charge in [0.1, 0.15) is 5.58 Å². The molecule has 0 aliphatic rings. The Bertz CT molecular complexity index is 633. The van der Waals surface area contributed by atoms with E-state index >= 15 is 0 Å². The highest BCUT2D eigenvalue weighted by molar-refractivity contribution is 14.1. The van der Waals surface area contributed by atoms with Crippen molar-refractivity contribution in [1.29, 1.82) is 0 Å². The van der Waals surface area contributed by atoms with E-state index < -0.39 is 0 Å². The minimum Gasteiger partial charge on any atom is -0.465 e. The highest BCUT2D eigenvalue weighted by Gasteiger charge is 2.10. The van der Waals surface area contributed by atoms with Crippen LogP contribution in [0, 0.1) is 0 Å². The Balaban J connectivity index is 2.34. The Hall–Kier alpha value is -1.04. The van der Waals surface area contributed by atoms with Crippen LogP contribution in [0.25, 0.3) is 11.0 Å². The number of benzene rings is 1. The fraction of sp³-hybridized carbons (Fsp3) is 0.438. The lowest BCUT2D eigenvalue weighted by Gasteiger charge is -2.09. The van der Waals surface area contributed by atoms with Crippen LogP contribution in [0.5, 0.6) is 5.95 Å². The molecule has 0 saturated carbocycles. The monoisotopic (exact) mass is 386 g/mol. The molecule has 0 radical (unpaired) electrons. The SMILES string of the molecule is CCCCOc1cc(=O)c2cc(C(I)CC)ccc2o1. The molecule has 1 aromatic heterocycles. The number of rotatable bonds is 6. The van der Waals surface area contributed by atoms with E-state index in [9.17, 15) is 4.79 Å². The first-order valence-electron chi connectivity index (χ1n) is 7.00. The van der Waals surface area contributed by atoms with E-state index in [2.05, 4.69) is 36.4 Å². The van der Waals surface area contributed by atoms with Gasteiger partial charge in [0.15, 0.2) is 5.43 Å². The van der Waals surface area contributed by atoms with Crippen molar-refractivity contribution in [2.24, 2.45) is 0 Å². The molecule has 1 aromatic carbocycles. The van der Waals surface area contributed by atoms with Crippen molar-refractivity contribution in [3.8, 4) is 5.95 Å². The van der Waals surface area contributed by atoms with Gasteiger partial charge in [-0.15, -0.1) is 0 Å². The summed E-state index contributed by atoms with van der Waals surface area (Å²) in [5.74, 6) is 0.310. The molecule has 2 aromatic rings. The highest BCUT2D eigenvalue weighted by atomic mass is 127. The van der Waals surface area contributed by atoms with Gasteiger partial charge in [-0.3, -0.25) is 4.79 Å². The van der Waals surface area contributed by atoms with E-state index in [1.807, 2.05) is 18.2 Å². The summed E-state index contributed by atoms with van der Waals surface area (Å²) in [5, 5.41) is 0.625. The second-order valence-corrected chi connectivity index (χ2v) is 6.27. The van der Waals surface area contributed by atoms with Crippen LogP contribution in [0.3, 0.4) is 0 Å². The smallest absolute Gasteiger partial charge is 0.288 e. The van der Waals surface area contributed by atoms with Crippen molar-refractivity contribution in [2.45, 2.75) is 37.0 Å². The molecule has 0 N–H and O–H groups in total. The first-order valence-corrected chi connectivity index (χ1v) is 8.25. The van der Waals surface area contributed by atoms with Crippen LogP contribution in [-0.2, 0) is 0 Å². The number of alkyl halides is 1. The standard InChI is InChI=1S/C16H19IO3/c1-3-5-8-19-16-10-14(18)12-9-11(13(17)4-2)6-7-15(12)20-16/h6-7,9-10,13H,3-5,8H2,1-2H3. The van der Waals surface area contributed by atoms with Crippen LogP contribution in [-0.4, -0.2) is 6.61 Å². The second kappa shape index (κ2) is 7.11. The molecule has 0 aliphatic carbocycles. The average Bonchev–Trinajstić information content (AvgIpc) is 2.46. The zero-order valence-electron chi connectivity index (χ0n) is 11.8. The summed E-state index contributed by atoms with van der Waals surface area (Å²) in [6.07, 6.45) is 3.04. The summed E-state index contributed by atoms with van der Waals surface area (Å²) in [6.45, 7) is 4.80. The van der Waals surface area contributed by atoms with Crippen LogP contribution in [0.15, 0.2) is 33.5 Å². The van der Waals surface area contributed by atoms with Crippen LogP contribution in [0.1, 0.15) is 42.6 Å². The van der Waals surface area contributed by atoms with Crippen LogP contribution in [0.2, 0.25) is 0 Å². The predicted octanol–water partition coefficient (Wildman–Crippen LogP) is 4.86. The molecule has 2 rings (SSSR count). The van der Waals surface area contributed by atoms with E-state index in [1.54, 1.807) is 0 Å². The van der Waals surface area contributed by atoms with Gasteiger partial charge in [-0.2, -0.15) is 0 Å². The van der Waals surface area contributed by atoms with E-state index in [0.29, 0.717) is 27.4 Å². The summed E-state index contributed by atoms with van der Waals surface area (Å²) in [6, 6.07) is 7.25. The minimum atomic E-state index is -0.0423. The number of hydrogen-bond donors (Lipinski definition) is 0. The molecule has 20 heavy (non-hydrogen) atoms. The highest BCUT2D eigenvalue weighted by Crippen LogP contribution is 2.29. The predicted molar refractivity (Wildman–Crippen MR) is 89.9 cm³/mol. The third-order valence-corrected chi connectivity index (χ3v) is 4.79. The maximum Gasteiger partial charge on any atom is 0.288 e. The van der Waals surface area contributed by atoms with Gasteiger partial charge in [-0.25, -0.2) is 0 Å². The van der Waals surface area contributed by atoms with Gasteiger partial charge in [0, 0.05) is 3.92 Å². The molecule has 3 nitrogen and oxygen atoms in total. The number of hydrogen-bond acceptors (Lipinski definition) is 3. The molecule has 0 aliphatic heterocycles. The fourth-order valence-electron chi connectivity index (χ4n) is 1.97. The maximum atomic E-state index is 12.2. The quantitative estimate of drug-likeness (QED) is 0.405. The second-order valence-electron chi connectivity index (χ2n) is 4.76. The molecule has 0 bridgehead atoms. The minimum absolute atomic E-state index is 0.0423. The molecule has 1 atom stereocenters. The zero-order chi connectivity index (χ0) is 14.5. The summed E-state index contributed by atoms with van der Waals surface area (Å²) in [7, 11) is 0. The summed E-state index contributed by atoms with van der Waals surface area (Å²) in [5.41, 5.74) is 1.71. The van der Waals surface area contributed by atoms with Crippen LogP contribution in [0.4, 0.5) is 0 Å². The summed E-state index contributed by atoms with van der Waals surface area (Å²) in [4.78, 5) is 12.2. The molecular weight excluding hydrogens is 367 g/mol. The largest absolute Gasteiger partial charge is 0.465 e. The van der Waals surface area contributed by atoms with Gasteiger partial charge in [-0.1, -0.05) is 48.9 Å². The van der Waals surface area contributed by atoms with Gasteiger partial charge in [0.05, 0.1) is 18.1 Å². The van der Waals surface area contributed by atoms with E-state index in [0.717, 1.165) is 24.8 Å². The number of ether oxygens (including phenoxy) is 1. The third kappa shape index (κ3) is 3.53. The first kappa shape index (κ1) is 15.4. The van der Waals surface area contributed by atoms with Gasteiger partial charge >= 0.3 is 0 Å². The van der Waals surface area contributed by atoms with E-state index in [4.69, 9.17) is 9.15 Å². The topological polar surface area (TPSA) is 39.4 Å². The Morgan fingerprint density at radius 2 is 2.10 bits per heavy atom. The van der Waals surface area contributed by atoms with E-state index in [-0.39, 0.29) is 5.43 Å². The molecule has 1 unspecified atom stereocenters. The molecule has 0 saturated heterocycles. The Morgan fingerprint density at radius 1 is 1.30 bits per heavy atom. The molecule has 0 fully saturated rings. The van der Waals surface area contributed by atoms with Gasteiger partial charge < -0.3 is 9.15 Å². The average molecular weight is 386 g/mol. The van der Waals surface area contributed by atoms with Crippen LogP contribution >= 0.6 is 22.6 Å². The van der Waals surface area contributed by atoms with Gasteiger partial charge in [0.2, 0.25) is 0 Å². The fourth-order valence-corrected chi connectivity index (χ4v) is 2.36. The van der Waals surface area contributed by atoms with Crippen LogP contribution < -0.4 is 10.2 Å². The lowest BCUT2D eigenvalue weighted by molar-refractivity contribution is 0.241. The molecular formula is C16H19IO3. The van der Waals surface area contributed by atoms with E-state index in [1.165, 1.54) is 6.07 Å². The van der Waals surface area contributed by atoms with Crippen molar-refractivity contribution in [3.63, 3.8) is 0 Å². The normalized spacial score (nSPS) is 12.6. The van der Waals surface area contributed by atoms with Crippen molar-refractivity contribution in [2.75, 3.05) is 6.61 Å². The van der Waals surface area contributed by atoms with Gasteiger partial charge in [-0.05, 0) is 30.5 Å². The molecule has 0 spiro atoms. The molecule has 108 valence electrons. The third-order valence-electron chi connectivity index (χ3n) is 3.19. The van der Waals surface area contributed by atoms with Crippen molar-refractivity contribution in [3.05, 3.63) is 40.1 Å². The number of halogens is 1.